The Morgan fingerprint density at radius 2 is 1.28 bits per heavy atom. The molecule has 1 aliphatic rings. The van der Waals surface area contributed by atoms with Gasteiger partial charge < -0.3 is 28.4 Å². The van der Waals surface area contributed by atoms with E-state index in [1.54, 1.807) is 40.6 Å². The molecule has 0 saturated carbocycles. The normalized spacial score (nSPS) is 19.4. The van der Waals surface area contributed by atoms with Crippen molar-refractivity contribution >= 4 is 11.9 Å². The second-order valence-electron chi connectivity index (χ2n) is 7.38. The smallest absolute Gasteiger partial charge is 0.310 e. The van der Waals surface area contributed by atoms with Crippen LogP contribution in [0.3, 0.4) is 0 Å². The molecule has 3 rings (SSSR count). The number of methoxy groups -OCH3 is 6. The van der Waals surface area contributed by atoms with Crippen molar-refractivity contribution in [3.8, 4) is 23.0 Å². The molecule has 0 N–H and O–H groups in total. The van der Waals surface area contributed by atoms with Gasteiger partial charge in [0.1, 0.15) is 0 Å². The van der Waals surface area contributed by atoms with Crippen molar-refractivity contribution in [2.45, 2.75) is 12.3 Å². The van der Waals surface area contributed by atoms with Gasteiger partial charge in [-0.2, -0.15) is 0 Å². The fraction of sp³-hybridized carbons (Fsp3) is 0.417. The van der Waals surface area contributed by atoms with E-state index in [2.05, 4.69) is 0 Å². The van der Waals surface area contributed by atoms with Gasteiger partial charge >= 0.3 is 11.9 Å². The van der Waals surface area contributed by atoms with E-state index in [1.165, 1.54) is 14.2 Å². The summed E-state index contributed by atoms with van der Waals surface area (Å²) in [6.07, 6.45) is 0.298. The van der Waals surface area contributed by atoms with Crippen molar-refractivity contribution in [1.82, 2.24) is 0 Å². The highest BCUT2D eigenvalue weighted by atomic mass is 16.5. The Labute approximate surface area is 187 Å². The lowest BCUT2D eigenvalue weighted by atomic mass is 9.66. The largest absolute Gasteiger partial charge is 0.493 e. The van der Waals surface area contributed by atoms with Gasteiger partial charge in [-0.05, 0) is 47.4 Å². The summed E-state index contributed by atoms with van der Waals surface area (Å²) in [5.41, 5.74) is 2.46. The predicted molar refractivity (Wildman–Crippen MR) is 116 cm³/mol. The maximum Gasteiger partial charge on any atom is 0.310 e. The highest BCUT2D eigenvalue weighted by molar-refractivity contribution is 5.85. The van der Waals surface area contributed by atoms with Crippen molar-refractivity contribution in [2.75, 3.05) is 42.7 Å². The zero-order chi connectivity index (χ0) is 23.4. The summed E-state index contributed by atoms with van der Waals surface area (Å²) in [6, 6.07) is 9.11. The molecule has 0 bridgehead atoms. The third kappa shape index (κ3) is 4.04. The first-order valence-corrected chi connectivity index (χ1v) is 10.1. The van der Waals surface area contributed by atoms with Gasteiger partial charge in [-0.3, -0.25) is 9.59 Å². The topological polar surface area (TPSA) is 89.5 Å². The molecule has 32 heavy (non-hydrogen) atoms. The minimum atomic E-state index is -0.809. The van der Waals surface area contributed by atoms with Crippen molar-refractivity contribution in [2.24, 2.45) is 11.8 Å². The number of ether oxygens (including phenoxy) is 6. The zero-order valence-corrected chi connectivity index (χ0v) is 19.1. The van der Waals surface area contributed by atoms with Crippen molar-refractivity contribution < 1.29 is 38.0 Å². The van der Waals surface area contributed by atoms with Crippen LogP contribution in [0.25, 0.3) is 0 Å². The highest BCUT2D eigenvalue weighted by Gasteiger charge is 2.47. The van der Waals surface area contributed by atoms with Crippen molar-refractivity contribution in [1.29, 1.82) is 0 Å². The Bertz CT molecular complexity index is 1000. The molecule has 8 heteroatoms. The van der Waals surface area contributed by atoms with Crippen LogP contribution < -0.4 is 18.9 Å². The van der Waals surface area contributed by atoms with Crippen LogP contribution in [0.15, 0.2) is 30.3 Å². The Balaban J connectivity index is 2.30. The Morgan fingerprint density at radius 3 is 1.84 bits per heavy atom. The molecule has 0 spiro atoms. The van der Waals surface area contributed by atoms with E-state index >= 15 is 0 Å². The van der Waals surface area contributed by atoms with Crippen LogP contribution in [0.2, 0.25) is 0 Å². The summed E-state index contributed by atoms with van der Waals surface area (Å²) in [5, 5.41) is 0. The molecule has 2 aromatic rings. The van der Waals surface area contributed by atoms with E-state index in [0.29, 0.717) is 29.4 Å². The molecular weight excluding hydrogens is 416 g/mol. The van der Waals surface area contributed by atoms with Gasteiger partial charge in [-0.1, -0.05) is 6.07 Å². The Hall–Kier alpha value is -3.42. The quantitative estimate of drug-likeness (QED) is 0.602. The summed E-state index contributed by atoms with van der Waals surface area (Å²) in [4.78, 5) is 25.8. The van der Waals surface area contributed by atoms with Crippen LogP contribution in [0.4, 0.5) is 0 Å². The van der Waals surface area contributed by atoms with Crippen molar-refractivity contribution in [3.05, 3.63) is 47.0 Å². The summed E-state index contributed by atoms with van der Waals surface area (Å²) in [7, 11) is 8.81. The number of esters is 2. The first kappa shape index (κ1) is 23.2. The number of fused-ring (bicyclic) bond motifs is 1. The second-order valence-corrected chi connectivity index (χ2v) is 7.38. The van der Waals surface area contributed by atoms with Crippen LogP contribution in [-0.2, 0) is 25.5 Å². The van der Waals surface area contributed by atoms with Crippen LogP contribution in [0.1, 0.15) is 22.6 Å². The maximum absolute atomic E-state index is 13.0. The molecule has 2 aromatic carbocycles. The lowest BCUT2D eigenvalue weighted by molar-refractivity contribution is -0.158. The Kier molecular flexibility index (Phi) is 7.12. The third-order valence-electron chi connectivity index (χ3n) is 5.96. The van der Waals surface area contributed by atoms with Gasteiger partial charge in [-0.25, -0.2) is 0 Å². The molecule has 0 amide bonds. The van der Waals surface area contributed by atoms with E-state index < -0.39 is 29.7 Å². The van der Waals surface area contributed by atoms with Gasteiger partial charge in [-0.15, -0.1) is 0 Å². The lowest BCUT2D eigenvalue weighted by Gasteiger charge is -2.37. The summed E-state index contributed by atoms with van der Waals surface area (Å²) < 4.78 is 32.0. The van der Waals surface area contributed by atoms with Gasteiger partial charge in [0.2, 0.25) is 0 Å². The average Bonchev–Trinajstić information content (AvgIpc) is 2.84. The lowest BCUT2D eigenvalue weighted by Crippen LogP contribution is -2.41. The van der Waals surface area contributed by atoms with Crippen LogP contribution >= 0.6 is 0 Å². The standard InChI is InChI=1S/C24H28O8/c1-27-17-8-7-13(10-18(17)28-2)21-15-12-20(30-4)19(29-3)11-14(15)9-16(23(25)31-5)22(21)24(26)32-6/h7-8,10-12,16,21-22H,9H2,1-6H3/t16-,21+,22+/m1/s1. The van der Waals surface area contributed by atoms with Crippen LogP contribution in [0, 0.1) is 11.8 Å². The minimum absolute atomic E-state index is 0.298. The van der Waals surface area contributed by atoms with Gasteiger partial charge in [0, 0.05) is 5.92 Å². The van der Waals surface area contributed by atoms with E-state index in [4.69, 9.17) is 28.4 Å². The van der Waals surface area contributed by atoms with E-state index in [0.717, 1.165) is 16.7 Å². The SMILES string of the molecule is COC(=O)[C@@H]1[C@@H](c2ccc(OC)c(OC)c2)c2cc(OC)c(OC)cc2C[C@H]1C(=O)OC. The molecule has 0 unspecified atom stereocenters. The number of carbonyl (C=O) groups is 2. The maximum atomic E-state index is 13.0. The molecule has 8 nitrogen and oxygen atoms in total. The van der Waals surface area contributed by atoms with Gasteiger partial charge in [0.05, 0.1) is 54.5 Å². The number of carbonyl (C=O) groups excluding carboxylic acids is 2. The van der Waals surface area contributed by atoms with Crippen LogP contribution in [0.5, 0.6) is 23.0 Å². The molecule has 0 aromatic heterocycles. The molecular formula is C24H28O8. The summed E-state index contributed by atoms with van der Waals surface area (Å²) >= 11 is 0. The fourth-order valence-corrected chi connectivity index (χ4v) is 4.44. The summed E-state index contributed by atoms with van der Waals surface area (Å²) in [6.45, 7) is 0. The number of hydrogen-bond donors (Lipinski definition) is 0. The number of hydrogen-bond acceptors (Lipinski definition) is 8. The van der Waals surface area contributed by atoms with Gasteiger partial charge in [0.15, 0.2) is 23.0 Å². The zero-order valence-electron chi connectivity index (χ0n) is 19.1. The molecule has 0 heterocycles. The Morgan fingerprint density at radius 1 is 0.719 bits per heavy atom. The van der Waals surface area contributed by atoms with E-state index in [-0.39, 0.29) is 0 Å². The van der Waals surface area contributed by atoms with Crippen LogP contribution in [-0.4, -0.2) is 54.6 Å². The molecule has 0 saturated heterocycles. The first-order valence-electron chi connectivity index (χ1n) is 10.1. The predicted octanol–water partition coefficient (Wildman–Crippen LogP) is 2.99. The van der Waals surface area contributed by atoms with Crippen molar-refractivity contribution in [3.63, 3.8) is 0 Å². The first-order chi connectivity index (χ1) is 15.4. The van der Waals surface area contributed by atoms with E-state index in [9.17, 15) is 9.59 Å². The average molecular weight is 444 g/mol. The number of rotatable bonds is 7. The fourth-order valence-electron chi connectivity index (χ4n) is 4.44. The molecule has 1 aliphatic carbocycles. The minimum Gasteiger partial charge on any atom is -0.493 e. The number of benzene rings is 2. The summed E-state index contributed by atoms with van der Waals surface area (Å²) in [5.74, 6) is -0.919. The van der Waals surface area contributed by atoms with E-state index in [1.807, 2.05) is 18.2 Å². The molecule has 172 valence electrons. The third-order valence-corrected chi connectivity index (χ3v) is 5.96. The molecule has 0 radical (unpaired) electrons. The monoisotopic (exact) mass is 444 g/mol. The van der Waals surface area contributed by atoms with Gasteiger partial charge in [0.25, 0.3) is 0 Å². The highest BCUT2D eigenvalue weighted by Crippen LogP contribution is 2.49. The molecule has 3 atom stereocenters. The second kappa shape index (κ2) is 9.80. The molecule has 0 aliphatic heterocycles. The molecule has 0 fully saturated rings.